The molecule has 20 heavy (non-hydrogen) atoms. The molecule has 1 N–H and O–H groups in total. The van der Waals surface area contributed by atoms with Crippen molar-refractivity contribution in [3.63, 3.8) is 0 Å². The smallest absolute Gasteiger partial charge is 0.0725 e. The highest BCUT2D eigenvalue weighted by molar-refractivity contribution is 5.35. The van der Waals surface area contributed by atoms with Crippen molar-refractivity contribution >= 4 is 0 Å². The Morgan fingerprint density at radius 2 is 2.10 bits per heavy atom. The van der Waals surface area contributed by atoms with Gasteiger partial charge in [-0.3, -0.25) is 0 Å². The Labute approximate surface area is 122 Å². The van der Waals surface area contributed by atoms with Crippen LogP contribution in [-0.2, 0) is 18.0 Å². The van der Waals surface area contributed by atoms with E-state index in [0.29, 0.717) is 6.04 Å². The molecule has 0 spiro atoms. The van der Waals surface area contributed by atoms with E-state index in [2.05, 4.69) is 37.4 Å². The number of hydrogen-bond donors (Lipinski definition) is 1. The van der Waals surface area contributed by atoms with Crippen molar-refractivity contribution in [1.29, 1.82) is 0 Å². The second kappa shape index (κ2) is 6.28. The van der Waals surface area contributed by atoms with Gasteiger partial charge < -0.3 is 10.1 Å². The first-order valence-electron chi connectivity index (χ1n) is 8.20. The minimum Gasteiger partial charge on any atom is -0.372 e. The number of benzene rings is 1. The van der Waals surface area contributed by atoms with E-state index >= 15 is 0 Å². The highest BCUT2D eigenvalue weighted by Crippen LogP contribution is 2.38. The van der Waals surface area contributed by atoms with E-state index in [0.717, 1.165) is 31.6 Å². The Bertz CT molecular complexity index is 457. The molecule has 3 rings (SSSR count). The molecular weight excluding hydrogens is 246 g/mol. The molecule has 1 aromatic carbocycles. The summed E-state index contributed by atoms with van der Waals surface area (Å²) in [5.41, 5.74) is 4.24. The van der Waals surface area contributed by atoms with Crippen LogP contribution in [0, 0.1) is 11.8 Å². The third-order valence-corrected chi connectivity index (χ3v) is 4.98. The Hall–Kier alpha value is -0.860. The monoisotopic (exact) mass is 273 g/mol. The molecule has 1 aliphatic heterocycles. The van der Waals surface area contributed by atoms with Crippen LogP contribution in [0.15, 0.2) is 18.2 Å². The normalized spacial score (nSPS) is 27.3. The average Bonchev–Trinajstić information content (AvgIpc) is 2.92. The number of nitrogens with one attached hydrogen (secondary N) is 1. The average molecular weight is 273 g/mol. The molecule has 0 aromatic heterocycles. The summed E-state index contributed by atoms with van der Waals surface area (Å²) in [5.74, 6) is 1.67. The number of hydrogen-bond acceptors (Lipinski definition) is 2. The number of rotatable bonds is 4. The van der Waals surface area contributed by atoms with Gasteiger partial charge in [-0.1, -0.05) is 44.9 Å². The summed E-state index contributed by atoms with van der Waals surface area (Å²) in [6.07, 6.45) is 5.54. The Balaban J connectivity index is 1.82. The third-order valence-electron chi connectivity index (χ3n) is 4.98. The quantitative estimate of drug-likeness (QED) is 0.888. The van der Waals surface area contributed by atoms with Crippen molar-refractivity contribution in [2.75, 3.05) is 6.54 Å². The van der Waals surface area contributed by atoms with E-state index in [1.807, 2.05) is 0 Å². The molecule has 2 aliphatic rings. The lowest BCUT2D eigenvalue weighted by Gasteiger charge is -2.34. The van der Waals surface area contributed by atoms with Crippen molar-refractivity contribution in [3.8, 4) is 0 Å². The third kappa shape index (κ3) is 2.91. The predicted octanol–water partition coefficient (Wildman–Crippen LogP) is 4.19. The second-order valence-electron chi connectivity index (χ2n) is 6.59. The van der Waals surface area contributed by atoms with Gasteiger partial charge in [-0.05, 0) is 47.9 Å². The predicted molar refractivity (Wildman–Crippen MR) is 82.5 cm³/mol. The molecule has 3 atom stereocenters. The lowest BCUT2D eigenvalue weighted by Crippen LogP contribution is -2.31. The van der Waals surface area contributed by atoms with E-state index in [1.165, 1.54) is 42.4 Å². The molecule has 1 aromatic rings. The fourth-order valence-electron chi connectivity index (χ4n) is 3.95. The first kappa shape index (κ1) is 14.1. The molecule has 1 heterocycles. The summed E-state index contributed by atoms with van der Waals surface area (Å²) in [5, 5.41) is 3.74. The Morgan fingerprint density at radius 3 is 2.90 bits per heavy atom. The van der Waals surface area contributed by atoms with Gasteiger partial charge in [0.25, 0.3) is 0 Å². The fourth-order valence-corrected chi connectivity index (χ4v) is 3.95. The van der Waals surface area contributed by atoms with Gasteiger partial charge in [0.05, 0.1) is 13.2 Å². The second-order valence-corrected chi connectivity index (χ2v) is 6.59. The Morgan fingerprint density at radius 1 is 1.25 bits per heavy atom. The van der Waals surface area contributed by atoms with Crippen molar-refractivity contribution in [1.82, 2.24) is 5.32 Å². The van der Waals surface area contributed by atoms with Crippen molar-refractivity contribution in [2.24, 2.45) is 11.8 Å². The van der Waals surface area contributed by atoms with Gasteiger partial charge >= 0.3 is 0 Å². The summed E-state index contributed by atoms with van der Waals surface area (Å²) in [6.45, 7) is 7.26. The lowest BCUT2D eigenvalue weighted by molar-refractivity contribution is 0.134. The highest BCUT2D eigenvalue weighted by Gasteiger charge is 2.28. The summed E-state index contributed by atoms with van der Waals surface area (Å²) in [4.78, 5) is 0. The van der Waals surface area contributed by atoms with Gasteiger partial charge in [-0.25, -0.2) is 0 Å². The molecule has 3 unspecified atom stereocenters. The summed E-state index contributed by atoms with van der Waals surface area (Å²) < 4.78 is 5.55. The SMILES string of the molecule is CCNC(c1ccc2c(c1)COC2)C1CCCC(C)C1. The van der Waals surface area contributed by atoms with Gasteiger partial charge in [-0.15, -0.1) is 0 Å². The van der Waals surface area contributed by atoms with Crippen LogP contribution in [-0.4, -0.2) is 6.54 Å². The molecule has 0 radical (unpaired) electrons. The van der Waals surface area contributed by atoms with Crippen LogP contribution in [0.1, 0.15) is 62.3 Å². The molecule has 2 heteroatoms. The number of ether oxygens (including phenoxy) is 1. The largest absolute Gasteiger partial charge is 0.372 e. The van der Waals surface area contributed by atoms with E-state index in [4.69, 9.17) is 4.74 Å². The zero-order valence-corrected chi connectivity index (χ0v) is 12.8. The highest BCUT2D eigenvalue weighted by atomic mass is 16.5. The van der Waals surface area contributed by atoms with Crippen LogP contribution in [0.4, 0.5) is 0 Å². The maximum atomic E-state index is 5.55. The topological polar surface area (TPSA) is 21.3 Å². The molecule has 1 aliphatic carbocycles. The lowest BCUT2D eigenvalue weighted by atomic mass is 9.76. The van der Waals surface area contributed by atoms with Crippen molar-refractivity contribution in [2.45, 2.75) is 58.8 Å². The first-order valence-corrected chi connectivity index (χ1v) is 8.20. The van der Waals surface area contributed by atoms with Crippen LogP contribution < -0.4 is 5.32 Å². The molecule has 110 valence electrons. The van der Waals surface area contributed by atoms with Gasteiger partial charge in [-0.2, -0.15) is 0 Å². The minimum atomic E-state index is 0.522. The molecule has 0 bridgehead atoms. The van der Waals surface area contributed by atoms with E-state index in [9.17, 15) is 0 Å². The standard InChI is InChI=1S/C18H27NO/c1-3-19-18(14-6-4-5-13(2)9-14)15-7-8-16-11-20-12-17(16)10-15/h7-8,10,13-14,18-19H,3-6,9,11-12H2,1-2H3. The van der Waals surface area contributed by atoms with E-state index in [-0.39, 0.29) is 0 Å². The summed E-state index contributed by atoms with van der Waals surface area (Å²) in [6, 6.07) is 7.50. The maximum absolute atomic E-state index is 5.55. The maximum Gasteiger partial charge on any atom is 0.0725 e. The Kier molecular flexibility index (Phi) is 4.42. The van der Waals surface area contributed by atoms with E-state index in [1.54, 1.807) is 0 Å². The molecule has 2 nitrogen and oxygen atoms in total. The van der Waals surface area contributed by atoms with Gasteiger partial charge in [0.15, 0.2) is 0 Å². The zero-order valence-electron chi connectivity index (χ0n) is 12.8. The van der Waals surface area contributed by atoms with E-state index < -0.39 is 0 Å². The molecule has 0 saturated heterocycles. The van der Waals surface area contributed by atoms with Crippen molar-refractivity contribution < 1.29 is 4.74 Å². The van der Waals surface area contributed by atoms with Gasteiger partial charge in [0.2, 0.25) is 0 Å². The molecule has 0 amide bonds. The van der Waals surface area contributed by atoms with Crippen LogP contribution in [0.3, 0.4) is 0 Å². The van der Waals surface area contributed by atoms with Gasteiger partial charge in [0.1, 0.15) is 0 Å². The molecule has 1 fully saturated rings. The summed E-state index contributed by atoms with van der Waals surface area (Å²) >= 11 is 0. The minimum absolute atomic E-state index is 0.522. The molecular formula is C18H27NO. The van der Waals surface area contributed by atoms with Crippen LogP contribution in [0.5, 0.6) is 0 Å². The summed E-state index contributed by atoms with van der Waals surface area (Å²) in [7, 11) is 0. The van der Waals surface area contributed by atoms with Crippen LogP contribution in [0.25, 0.3) is 0 Å². The van der Waals surface area contributed by atoms with Crippen molar-refractivity contribution in [3.05, 3.63) is 34.9 Å². The number of fused-ring (bicyclic) bond motifs is 1. The van der Waals surface area contributed by atoms with Crippen LogP contribution in [0.2, 0.25) is 0 Å². The van der Waals surface area contributed by atoms with Gasteiger partial charge in [0, 0.05) is 6.04 Å². The first-order chi connectivity index (χ1) is 9.78. The van der Waals surface area contributed by atoms with Crippen LogP contribution >= 0.6 is 0 Å². The fraction of sp³-hybridized carbons (Fsp3) is 0.667. The molecule has 1 saturated carbocycles. The zero-order chi connectivity index (χ0) is 13.9.